The van der Waals surface area contributed by atoms with Crippen LogP contribution in [0.5, 0.6) is 5.75 Å². The number of hydrogen-bond acceptors (Lipinski definition) is 2. The molecule has 0 saturated heterocycles. The number of ether oxygens (including phenoxy) is 1. The van der Waals surface area contributed by atoms with Gasteiger partial charge in [0.15, 0.2) is 11.6 Å². The van der Waals surface area contributed by atoms with Gasteiger partial charge in [0.2, 0.25) is 0 Å². The lowest BCUT2D eigenvalue weighted by Crippen LogP contribution is -2.37. The monoisotopic (exact) mass is 225 g/mol. The van der Waals surface area contributed by atoms with Crippen LogP contribution < -0.4 is 10.1 Å². The molecular formula is C13H20FNO. The molecule has 16 heavy (non-hydrogen) atoms. The van der Waals surface area contributed by atoms with Gasteiger partial charge in [0.1, 0.15) is 0 Å². The molecule has 0 radical (unpaired) electrons. The first kappa shape index (κ1) is 13.0. The molecule has 0 bridgehead atoms. The molecule has 0 aliphatic rings. The minimum Gasteiger partial charge on any atom is -0.494 e. The van der Waals surface area contributed by atoms with E-state index in [4.69, 9.17) is 4.74 Å². The van der Waals surface area contributed by atoms with Gasteiger partial charge < -0.3 is 10.1 Å². The normalized spacial score (nSPS) is 11.6. The quantitative estimate of drug-likeness (QED) is 0.850. The molecule has 1 N–H and O–H groups in total. The fourth-order valence-corrected chi connectivity index (χ4v) is 1.48. The summed E-state index contributed by atoms with van der Waals surface area (Å²) >= 11 is 0. The maximum absolute atomic E-state index is 13.7. The zero-order chi connectivity index (χ0) is 12.2. The number of halogens is 1. The molecule has 0 amide bonds. The van der Waals surface area contributed by atoms with E-state index >= 15 is 0 Å². The fraction of sp³-hybridized carbons (Fsp3) is 0.538. The first-order chi connectivity index (χ1) is 7.44. The summed E-state index contributed by atoms with van der Waals surface area (Å²) in [5.74, 6) is 0.0639. The largest absolute Gasteiger partial charge is 0.494 e. The van der Waals surface area contributed by atoms with Crippen molar-refractivity contribution in [3.05, 3.63) is 29.6 Å². The molecule has 0 aliphatic carbocycles. The molecule has 0 aromatic heterocycles. The van der Waals surface area contributed by atoms with Crippen LogP contribution in [0.1, 0.15) is 26.3 Å². The van der Waals surface area contributed by atoms with Crippen molar-refractivity contribution >= 4 is 0 Å². The lowest BCUT2D eigenvalue weighted by molar-refractivity contribution is 0.382. The van der Waals surface area contributed by atoms with E-state index in [1.54, 1.807) is 12.1 Å². The SMILES string of the molecule is COc1cccc(CCNC(C)(C)C)c1F. The Morgan fingerprint density at radius 1 is 1.31 bits per heavy atom. The second-order valence-corrected chi connectivity index (χ2v) is 4.86. The number of benzene rings is 1. The molecule has 3 heteroatoms. The predicted molar refractivity (Wildman–Crippen MR) is 64.4 cm³/mol. The van der Waals surface area contributed by atoms with Gasteiger partial charge in [-0.05, 0) is 45.4 Å². The van der Waals surface area contributed by atoms with Gasteiger partial charge in [-0.25, -0.2) is 4.39 Å². The molecule has 1 rings (SSSR count). The van der Waals surface area contributed by atoms with E-state index in [2.05, 4.69) is 26.1 Å². The maximum atomic E-state index is 13.7. The summed E-state index contributed by atoms with van der Waals surface area (Å²) in [6.07, 6.45) is 0.667. The van der Waals surface area contributed by atoms with Crippen molar-refractivity contribution in [1.29, 1.82) is 0 Å². The topological polar surface area (TPSA) is 21.3 Å². The number of nitrogens with one attached hydrogen (secondary N) is 1. The number of methoxy groups -OCH3 is 1. The van der Waals surface area contributed by atoms with Gasteiger partial charge in [-0.2, -0.15) is 0 Å². The minimum atomic E-state index is -0.249. The zero-order valence-corrected chi connectivity index (χ0v) is 10.4. The standard InChI is InChI=1S/C13H20FNO/c1-13(2,3)15-9-8-10-6-5-7-11(16-4)12(10)14/h5-7,15H,8-9H2,1-4H3. The summed E-state index contributed by atoms with van der Waals surface area (Å²) in [5.41, 5.74) is 0.756. The van der Waals surface area contributed by atoms with Crippen LogP contribution in [0.15, 0.2) is 18.2 Å². The van der Waals surface area contributed by atoms with Crippen molar-refractivity contribution < 1.29 is 9.13 Å². The highest BCUT2D eigenvalue weighted by atomic mass is 19.1. The first-order valence-electron chi connectivity index (χ1n) is 5.50. The first-order valence-corrected chi connectivity index (χ1v) is 5.50. The van der Waals surface area contributed by atoms with Crippen LogP contribution >= 0.6 is 0 Å². The number of rotatable bonds is 4. The zero-order valence-electron chi connectivity index (χ0n) is 10.4. The lowest BCUT2D eigenvalue weighted by Gasteiger charge is -2.20. The van der Waals surface area contributed by atoms with Crippen LogP contribution in [0.2, 0.25) is 0 Å². The second kappa shape index (κ2) is 5.30. The molecule has 2 nitrogen and oxygen atoms in total. The Kier molecular flexibility index (Phi) is 4.30. The van der Waals surface area contributed by atoms with E-state index in [0.29, 0.717) is 17.7 Å². The highest BCUT2D eigenvalue weighted by Gasteiger charge is 2.11. The van der Waals surface area contributed by atoms with Crippen molar-refractivity contribution in [2.75, 3.05) is 13.7 Å². The van der Waals surface area contributed by atoms with Crippen molar-refractivity contribution in [2.45, 2.75) is 32.7 Å². The maximum Gasteiger partial charge on any atom is 0.168 e. The van der Waals surface area contributed by atoms with Gasteiger partial charge in [-0.3, -0.25) is 0 Å². The highest BCUT2D eigenvalue weighted by molar-refractivity contribution is 5.31. The summed E-state index contributed by atoms with van der Waals surface area (Å²) in [5, 5.41) is 3.33. The Balaban J connectivity index is 2.61. The van der Waals surface area contributed by atoms with Crippen LogP contribution in [0.4, 0.5) is 4.39 Å². The number of hydrogen-bond donors (Lipinski definition) is 1. The van der Waals surface area contributed by atoms with E-state index in [-0.39, 0.29) is 11.4 Å². The third-order valence-corrected chi connectivity index (χ3v) is 2.31. The molecule has 0 atom stereocenters. The summed E-state index contributed by atoms with van der Waals surface area (Å²) in [6.45, 7) is 7.03. The van der Waals surface area contributed by atoms with Gasteiger partial charge in [0.05, 0.1) is 7.11 Å². The predicted octanol–water partition coefficient (Wildman–Crippen LogP) is 2.76. The molecule has 0 heterocycles. The molecule has 0 spiro atoms. The van der Waals surface area contributed by atoms with Crippen LogP contribution in [0.25, 0.3) is 0 Å². The van der Waals surface area contributed by atoms with Crippen molar-refractivity contribution in [3.8, 4) is 5.75 Å². The fourth-order valence-electron chi connectivity index (χ4n) is 1.48. The van der Waals surface area contributed by atoms with Crippen LogP contribution in [0.3, 0.4) is 0 Å². The average Bonchev–Trinajstić information content (AvgIpc) is 2.19. The average molecular weight is 225 g/mol. The van der Waals surface area contributed by atoms with Crippen molar-refractivity contribution in [3.63, 3.8) is 0 Å². The smallest absolute Gasteiger partial charge is 0.168 e. The molecule has 1 aromatic rings. The third-order valence-electron chi connectivity index (χ3n) is 2.31. The summed E-state index contributed by atoms with van der Waals surface area (Å²) in [6, 6.07) is 5.24. The molecule has 0 fully saturated rings. The molecule has 90 valence electrons. The Bertz CT molecular complexity index is 344. The van der Waals surface area contributed by atoms with Crippen LogP contribution in [-0.2, 0) is 6.42 Å². The Hall–Kier alpha value is -1.09. The lowest BCUT2D eigenvalue weighted by atomic mass is 10.1. The van der Waals surface area contributed by atoms with Crippen LogP contribution in [-0.4, -0.2) is 19.2 Å². The third kappa shape index (κ3) is 3.81. The Morgan fingerprint density at radius 2 is 2.00 bits per heavy atom. The molecule has 0 saturated carbocycles. The summed E-state index contributed by atoms with van der Waals surface area (Å²) < 4.78 is 18.7. The van der Waals surface area contributed by atoms with E-state index in [0.717, 1.165) is 6.54 Å². The minimum absolute atomic E-state index is 0.0648. The van der Waals surface area contributed by atoms with E-state index < -0.39 is 0 Å². The molecule has 0 unspecified atom stereocenters. The van der Waals surface area contributed by atoms with Gasteiger partial charge in [-0.15, -0.1) is 0 Å². The van der Waals surface area contributed by atoms with Crippen molar-refractivity contribution in [1.82, 2.24) is 5.32 Å². The van der Waals surface area contributed by atoms with Gasteiger partial charge >= 0.3 is 0 Å². The summed E-state index contributed by atoms with van der Waals surface area (Å²) in [4.78, 5) is 0. The van der Waals surface area contributed by atoms with E-state index in [1.165, 1.54) is 7.11 Å². The Morgan fingerprint density at radius 3 is 2.56 bits per heavy atom. The molecule has 1 aromatic carbocycles. The molecular weight excluding hydrogens is 205 g/mol. The summed E-state index contributed by atoms with van der Waals surface area (Å²) in [7, 11) is 1.48. The van der Waals surface area contributed by atoms with E-state index in [9.17, 15) is 4.39 Å². The molecule has 0 aliphatic heterocycles. The second-order valence-electron chi connectivity index (χ2n) is 4.86. The van der Waals surface area contributed by atoms with Crippen molar-refractivity contribution in [2.24, 2.45) is 0 Å². The van der Waals surface area contributed by atoms with Gasteiger partial charge in [-0.1, -0.05) is 12.1 Å². The highest BCUT2D eigenvalue weighted by Crippen LogP contribution is 2.20. The Labute approximate surface area is 96.8 Å². The van der Waals surface area contributed by atoms with Gasteiger partial charge in [0.25, 0.3) is 0 Å². The van der Waals surface area contributed by atoms with E-state index in [1.807, 2.05) is 6.07 Å². The van der Waals surface area contributed by atoms with Gasteiger partial charge in [0, 0.05) is 5.54 Å². The van der Waals surface area contributed by atoms with Crippen LogP contribution in [0, 0.1) is 5.82 Å².